The minimum Gasteiger partial charge on any atom is -0.350 e. The van der Waals surface area contributed by atoms with E-state index in [0.29, 0.717) is 11.3 Å². The van der Waals surface area contributed by atoms with E-state index in [4.69, 9.17) is 0 Å². The van der Waals surface area contributed by atoms with Crippen LogP contribution in [0.25, 0.3) is 0 Å². The van der Waals surface area contributed by atoms with Crippen molar-refractivity contribution in [3.05, 3.63) is 60.2 Å². The van der Waals surface area contributed by atoms with Crippen LogP contribution >= 0.6 is 11.8 Å². The summed E-state index contributed by atoms with van der Waals surface area (Å²) in [5.41, 5.74) is 1.02. The molecule has 132 valence electrons. The fourth-order valence-corrected chi connectivity index (χ4v) is 3.07. The highest BCUT2D eigenvalue weighted by Crippen LogP contribution is 2.24. The molecule has 2 atom stereocenters. The maximum Gasteiger partial charge on any atom is 0.253 e. The number of nitrogens with one attached hydrogen (secondary N) is 2. The zero-order valence-electron chi connectivity index (χ0n) is 14.8. The Kier molecular flexibility index (Phi) is 7.07. The van der Waals surface area contributed by atoms with Crippen molar-refractivity contribution in [1.29, 1.82) is 0 Å². The van der Waals surface area contributed by atoms with Gasteiger partial charge in [-0.25, -0.2) is 0 Å². The minimum atomic E-state index is -0.270. The Bertz CT molecular complexity index is 719. The Labute approximate surface area is 153 Å². The molecule has 0 fully saturated rings. The van der Waals surface area contributed by atoms with E-state index < -0.39 is 0 Å². The lowest BCUT2D eigenvalue weighted by atomic mass is 10.1. The molecule has 2 aromatic carbocycles. The van der Waals surface area contributed by atoms with Crippen molar-refractivity contribution >= 4 is 29.3 Å². The van der Waals surface area contributed by atoms with E-state index in [9.17, 15) is 9.59 Å². The standard InChI is InChI=1S/C20H24N2O2S/c1-4-14(2)21-20(24)17-12-8-9-13-18(17)22-19(23)15(3)25-16-10-6-5-7-11-16/h5-15H,4H2,1-3H3,(H,21,24)(H,22,23)/t14-,15+/m0/s1. The van der Waals surface area contributed by atoms with E-state index in [0.717, 1.165) is 11.3 Å². The number of thioether (sulfide) groups is 1. The van der Waals surface area contributed by atoms with E-state index in [-0.39, 0.29) is 23.1 Å². The van der Waals surface area contributed by atoms with Crippen molar-refractivity contribution in [3.8, 4) is 0 Å². The smallest absolute Gasteiger partial charge is 0.253 e. The van der Waals surface area contributed by atoms with Crippen LogP contribution in [-0.4, -0.2) is 23.1 Å². The summed E-state index contributed by atoms with van der Waals surface area (Å²) in [6.45, 7) is 5.83. The molecule has 0 aromatic heterocycles. The van der Waals surface area contributed by atoms with Gasteiger partial charge in [-0.2, -0.15) is 0 Å². The summed E-state index contributed by atoms with van der Waals surface area (Å²) in [5.74, 6) is -0.300. The molecule has 0 radical (unpaired) electrons. The zero-order chi connectivity index (χ0) is 18.2. The Hall–Kier alpha value is -2.27. The quantitative estimate of drug-likeness (QED) is 0.726. The van der Waals surface area contributed by atoms with Gasteiger partial charge in [0.1, 0.15) is 0 Å². The van der Waals surface area contributed by atoms with E-state index >= 15 is 0 Å². The lowest BCUT2D eigenvalue weighted by molar-refractivity contribution is -0.115. The van der Waals surface area contributed by atoms with E-state index in [1.54, 1.807) is 18.2 Å². The number of benzene rings is 2. The van der Waals surface area contributed by atoms with Crippen molar-refractivity contribution in [2.75, 3.05) is 5.32 Å². The molecular weight excluding hydrogens is 332 g/mol. The van der Waals surface area contributed by atoms with Crippen LogP contribution in [0.2, 0.25) is 0 Å². The summed E-state index contributed by atoms with van der Waals surface area (Å²) >= 11 is 1.49. The second-order valence-corrected chi connectivity index (χ2v) is 7.30. The normalized spacial score (nSPS) is 12.9. The van der Waals surface area contributed by atoms with Crippen molar-refractivity contribution in [3.63, 3.8) is 0 Å². The SMILES string of the molecule is CC[C@H](C)NC(=O)c1ccccc1NC(=O)[C@@H](C)Sc1ccccc1. The first kappa shape index (κ1) is 19.1. The molecule has 2 N–H and O–H groups in total. The highest BCUT2D eigenvalue weighted by Gasteiger charge is 2.18. The Balaban J connectivity index is 2.06. The number of rotatable bonds is 7. The number of carbonyl (C=O) groups is 2. The second-order valence-electron chi connectivity index (χ2n) is 5.89. The number of hydrogen-bond acceptors (Lipinski definition) is 3. The molecule has 0 saturated carbocycles. The molecule has 5 heteroatoms. The molecule has 0 spiro atoms. The number of carbonyl (C=O) groups excluding carboxylic acids is 2. The fourth-order valence-electron chi connectivity index (χ4n) is 2.18. The molecular formula is C20H24N2O2S. The number of anilines is 1. The summed E-state index contributed by atoms with van der Waals surface area (Å²) in [6, 6.07) is 17.0. The minimum absolute atomic E-state index is 0.0869. The third-order valence-electron chi connectivity index (χ3n) is 3.84. The first-order valence-corrected chi connectivity index (χ1v) is 9.31. The van der Waals surface area contributed by atoms with Gasteiger partial charge in [0.05, 0.1) is 16.5 Å². The molecule has 2 aromatic rings. The van der Waals surface area contributed by atoms with Gasteiger partial charge in [-0.1, -0.05) is 37.3 Å². The van der Waals surface area contributed by atoms with Gasteiger partial charge in [0.2, 0.25) is 5.91 Å². The lowest BCUT2D eigenvalue weighted by Gasteiger charge is -2.16. The van der Waals surface area contributed by atoms with Gasteiger partial charge in [0.15, 0.2) is 0 Å². The van der Waals surface area contributed by atoms with Crippen LogP contribution in [-0.2, 0) is 4.79 Å². The van der Waals surface area contributed by atoms with Crippen LogP contribution in [0.4, 0.5) is 5.69 Å². The highest BCUT2D eigenvalue weighted by atomic mass is 32.2. The van der Waals surface area contributed by atoms with E-state index in [1.165, 1.54) is 11.8 Å². The first-order valence-electron chi connectivity index (χ1n) is 8.43. The summed E-state index contributed by atoms with van der Waals surface area (Å²) in [5, 5.41) is 5.54. The number of para-hydroxylation sites is 1. The average Bonchev–Trinajstić information content (AvgIpc) is 2.62. The third kappa shape index (κ3) is 5.64. The molecule has 0 unspecified atom stereocenters. The summed E-state index contributed by atoms with van der Waals surface area (Å²) in [7, 11) is 0. The maximum atomic E-state index is 12.5. The van der Waals surface area contributed by atoms with Crippen molar-refractivity contribution in [1.82, 2.24) is 5.32 Å². The number of amides is 2. The molecule has 0 aliphatic heterocycles. The highest BCUT2D eigenvalue weighted by molar-refractivity contribution is 8.00. The van der Waals surface area contributed by atoms with Crippen LogP contribution < -0.4 is 10.6 Å². The van der Waals surface area contributed by atoms with Crippen LogP contribution in [0.5, 0.6) is 0 Å². The van der Waals surface area contributed by atoms with Crippen molar-refractivity contribution < 1.29 is 9.59 Å². The molecule has 0 saturated heterocycles. The molecule has 0 aliphatic carbocycles. The molecule has 4 nitrogen and oxygen atoms in total. The molecule has 2 rings (SSSR count). The van der Waals surface area contributed by atoms with Crippen molar-refractivity contribution in [2.45, 2.75) is 43.4 Å². The summed E-state index contributed by atoms with van der Waals surface area (Å²) in [4.78, 5) is 26.0. The van der Waals surface area contributed by atoms with Crippen LogP contribution in [0.1, 0.15) is 37.6 Å². The second kappa shape index (κ2) is 9.28. The van der Waals surface area contributed by atoms with Gasteiger partial charge < -0.3 is 10.6 Å². The monoisotopic (exact) mass is 356 g/mol. The van der Waals surface area contributed by atoms with Crippen LogP contribution in [0, 0.1) is 0 Å². The average molecular weight is 356 g/mol. The summed E-state index contributed by atoms with van der Waals surface area (Å²) in [6.07, 6.45) is 0.852. The Morgan fingerprint density at radius 2 is 1.64 bits per heavy atom. The van der Waals surface area contributed by atoms with Crippen molar-refractivity contribution in [2.24, 2.45) is 0 Å². The summed E-state index contributed by atoms with van der Waals surface area (Å²) < 4.78 is 0. The molecule has 2 amide bonds. The third-order valence-corrected chi connectivity index (χ3v) is 4.96. The Morgan fingerprint density at radius 1 is 1.00 bits per heavy atom. The largest absolute Gasteiger partial charge is 0.350 e. The zero-order valence-corrected chi connectivity index (χ0v) is 15.6. The first-order chi connectivity index (χ1) is 12.0. The molecule has 0 bridgehead atoms. The molecule has 25 heavy (non-hydrogen) atoms. The predicted molar refractivity (Wildman–Crippen MR) is 104 cm³/mol. The van der Waals surface area contributed by atoms with Gasteiger partial charge in [-0.05, 0) is 44.5 Å². The van der Waals surface area contributed by atoms with E-state index in [2.05, 4.69) is 10.6 Å². The number of hydrogen-bond donors (Lipinski definition) is 2. The fraction of sp³-hybridized carbons (Fsp3) is 0.300. The van der Waals surface area contributed by atoms with Crippen LogP contribution in [0.15, 0.2) is 59.5 Å². The predicted octanol–water partition coefficient (Wildman–Crippen LogP) is 4.33. The Morgan fingerprint density at radius 3 is 2.32 bits per heavy atom. The van der Waals surface area contributed by atoms with Gasteiger partial charge in [0.25, 0.3) is 5.91 Å². The molecule has 0 heterocycles. The van der Waals surface area contributed by atoms with Gasteiger partial charge in [0, 0.05) is 10.9 Å². The van der Waals surface area contributed by atoms with Gasteiger partial charge in [-0.15, -0.1) is 11.8 Å². The molecule has 0 aliphatic rings. The van der Waals surface area contributed by atoms with Gasteiger partial charge in [-0.3, -0.25) is 9.59 Å². The topological polar surface area (TPSA) is 58.2 Å². The maximum absolute atomic E-state index is 12.5. The van der Waals surface area contributed by atoms with Crippen LogP contribution in [0.3, 0.4) is 0 Å². The van der Waals surface area contributed by atoms with E-state index in [1.807, 2.05) is 57.2 Å². The van der Waals surface area contributed by atoms with Gasteiger partial charge >= 0.3 is 0 Å². The lowest BCUT2D eigenvalue weighted by Crippen LogP contribution is -2.33.